The van der Waals surface area contributed by atoms with E-state index in [-0.39, 0.29) is 29.3 Å². The maximum absolute atomic E-state index is 13.4. The van der Waals surface area contributed by atoms with Crippen molar-refractivity contribution in [1.82, 2.24) is 24.9 Å². The number of benzene rings is 4. The van der Waals surface area contributed by atoms with Gasteiger partial charge in [-0.15, -0.1) is 0 Å². The van der Waals surface area contributed by atoms with Crippen molar-refractivity contribution in [3.8, 4) is 22.5 Å². The lowest BCUT2D eigenvalue weighted by atomic mass is 10.1. The van der Waals surface area contributed by atoms with E-state index >= 15 is 0 Å². The Morgan fingerprint density at radius 3 is 1.50 bits per heavy atom. The minimum absolute atomic E-state index is 0.0152. The van der Waals surface area contributed by atoms with Crippen molar-refractivity contribution in [3.63, 3.8) is 0 Å². The van der Waals surface area contributed by atoms with E-state index in [2.05, 4.69) is 40.9 Å². The van der Waals surface area contributed by atoms with Crippen LogP contribution in [0.15, 0.2) is 109 Å². The van der Waals surface area contributed by atoms with Gasteiger partial charge in [-0.05, 0) is 66.7 Å². The molecule has 0 bridgehead atoms. The van der Waals surface area contributed by atoms with E-state index in [9.17, 15) is 14.5 Å². The summed E-state index contributed by atoms with van der Waals surface area (Å²) < 4.78 is 13.4. The van der Waals surface area contributed by atoms with Gasteiger partial charge >= 0.3 is 0 Å². The van der Waals surface area contributed by atoms with Crippen molar-refractivity contribution in [2.75, 3.05) is 21.7 Å². The summed E-state index contributed by atoms with van der Waals surface area (Å²) in [7, 11) is 0. The van der Waals surface area contributed by atoms with Gasteiger partial charge in [-0.2, -0.15) is 15.0 Å². The molecule has 2 aromatic heterocycles. The number of nitrogens with one attached hydrogen (secondary N) is 3. The molecule has 0 amide bonds. The van der Waals surface area contributed by atoms with Gasteiger partial charge in [0.2, 0.25) is 23.8 Å². The number of non-ortho nitro benzene ring substituents is 1. The summed E-state index contributed by atoms with van der Waals surface area (Å²) in [5, 5.41) is 20.4. The average molecular weight is 587 g/mol. The Hall–Kier alpha value is -6.50. The molecule has 2 heterocycles. The van der Waals surface area contributed by atoms with Crippen LogP contribution in [0.5, 0.6) is 0 Å². The zero-order valence-corrected chi connectivity index (χ0v) is 22.8. The van der Waals surface area contributed by atoms with Crippen LogP contribution in [0.4, 0.5) is 50.9 Å². The van der Waals surface area contributed by atoms with Crippen LogP contribution < -0.4 is 21.7 Å². The number of nitrogens with two attached hydrogens (primary N) is 1. The number of halogens is 1. The van der Waals surface area contributed by atoms with Crippen LogP contribution in [0, 0.1) is 15.9 Å². The molecule has 13 heteroatoms. The molecule has 0 saturated heterocycles. The number of nitrogen functional groups attached to an aromatic ring is 1. The molecule has 6 aromatic rings. The van der Waals surface area contributed by atoms with Crippen molar-refractivity contribution < 1.29 is 9.31 Å². The van der Waals surface area contributed by atoms with Crippen molar-refractivity contribution in [2.24, 2.45) is 0 Å². The van der Waals surface area contributed by atoms with Gasteiger partial charge in [0.15, 0.2) is 0 Å². The Bertz CT molecular complexity index is 1920. The van der Waals surface area contributed by atoms with Crippen molar-refractivity contribution in [1.29, 1.82) is 0 Å². The molecular formula is C31H23FN10O2. The highest BCUT2D eigenvalue weighted by Crippen LogP contribution is 2.28. The zero-order chi connectivity index (χ0) is 30.5. The van der Waals surface area contributed by atoms with Crippen LogP contribution in [0.25, 0.3) is 22.5 Å². The Balaban J connectivity index is 1.25. The molecular weight excluding hydrogens is 563 g/mol. The number of hydrogen-bond donors (Lipinski definition) is 4. The quantitative estimate of drug-likeness (QED) is 0.103. The van der Waals surface area contributed by atoms with Crippen LogP contribution in [0.2, 0.25) is 0 Å². The van der Waals surface area contributed by atoms with E-state index in [4.69, 9.17) is 5.73 Å². The maximum Gasteiger partial charge on any atom is 0.269 e. The molecule has 0 radical (unpaired) electrons. The van der Waals surface area contributed by atoms with Gasteiger partial charge in [-0.25, -0.2) is 14.4 Å². The van der Waals surface area contributed by atoms with Gasteiger partial charge in [0.1, 0.15) is 5.82 Å². The highest BCUT2D eigenvalue weighted by molar-refractivity contribution is 5.71. The third kappa shape index (κ3) is 6.69. The van der Waals surface area contributed by atoms with Crippen LogP contribution in [0.3, 0.4) is 0 Å². The van der Waals surface area contributed by atoms with Crippen LogP contribution in [-0.2, 0) is 0 Å². The summed E-state index contributed by atoms with van der Waals surface area (Å²) in [6.45, 7) is 0. The highest BCUT2D eigenvalue weighted by atomic mass is 19.1. The highest BCUT2D eigenvalue weighted by Gasteiger charge is 2.12. The Morgan fingerprint density at radius 1 is 0.591 bits per heavy atom. The SMILES string of the molecule is Nc1nc(-c2ccc(Nc3nc(Nc4ccccc4)nc(Nc4ccc(F)cc4)n3)cc2)cc(-c2ccc([N+](=O)[O-])cc2)n1. The molecule has 0 saturated carbocycles. The average Bonchev–Trinajstić information content (AvgIpc) is 3.03. The predicted molar refractivity (Wildman–Crippen MR) is 166 cm³/mol. The first-order valence-corrected chi connectivity index (χ1v) is 13.3. The summed E-state index contributed by atoms with van der Waals surface area (Å²) >= 11 is 0. The topological polar surface area (TPSA) is 170 Å². The first-order chi connectivity index (χ1) is 21.4. The molecule has 216 valence electrons. The predicted octanol–water partition coefficient (Wildman–Crippen LogP) is 6.86. The third-order valence-electron chi connectivity index (χ3n) is 6.32. The third-order valence-corrected chi connectivity index (χ3v) is 6.32. The van der Waals surface area contributed by atoms with Crippen LogP contribution in [-0.4, -0.2) is 29.8 Å². The molecule has 0 aliphatic heterocycles. The standard InChI is InChI=1S/C31H23FN10O2/c32-21-10-14-24(15-11-21)36-31-40-29(34-22-4-2-1-3-5-22)39-30(41-31)35-23-12-6-19(7-13-23)26-18-27(38-28(33)37-26)20-8-16-25(17-9-20)42(43)44/h1-18H,(H2,33,37,38)(H3,34,35,36,39,40,41). The minimum atomic E-state index is -0.459. The number of rotatable bonds is 9. The lowest BCUT2D eigenvalue weighted by Crippen LogP contribution is -2.07. The molecule has 4 aromatic carbocycles. The van der Waals surface area contributed by atoms with Gasteiger partial charge in [-0.3, -0.25) is 10.1 Å². The number of aromatic nitrogens is 5. The van der Waals surface area contributed by atoms with E-state index in [1.54, 1.807) is 30.3 Å². The fourth-order valence-corrected chi connectivity index (χ4v) is 4.23. The van der Waals surface area contributed by atoms with Crippen molar-refractivity contribution in [3.05, 3.63) is 125 Å². The van der Waals surface area contributed by atoms with Crippen LogP contribution in [0.1, 0.15) is 0 Å². The molecule has 0 spiro atoms. The normalized spacial score (nSPS) is 10.7. The largest absolute Gasteiger partial charge is 0.368 e. The smallest absolute Gasteiger partial charge is 0.269 e. The van der Waals surface area contributed by atoms with E-state index in [1.165, 1.54) is 24.3 Å². The molecule has 44 heavy (non-hydrogen) atoms. The second-order valence-electron chi connectivity index (χ2n) is 9.43. The van der Waals surface area contributed by atoms with Gasteiger partial charge in [0.25, 0.3) is 5.69 Å². The van der Waals surface area contributed by atoms with E-state index in [1.807, 2.05) is 54.6 Å². The molecule has 0 aliphatic rings. The first kappa shape index (κ1) is 27.7. The minimum Gasteiger partial charge on any atom is -0.368 e. The Morgan fingerprint density at radius 2 is 1.02 bits per heavy atom. The lowest BCUT2D eigenvalue weighted by Gasteiger charge is -2.12. The molecule has 6 rings (SSSR count). The number of nitro benzene ring substituents is 1. The molecule has 0 aliphatic carbocycles. The van der Waals surface area contributed by atoms with Crippen LogP contribution >= 0.6 is 0 Å². The van der Waals surface area contributed by atoms with Gasteiger partial charge in [-0.1, -0.05) is 30.3 Å². The summed E-state index contributed by atoms with van der Waals surface area (Å²) in [6, 6.07) is 30.5. The molecule has 0 unspecified atom stereocenters. The van der Waals surface area contributed by atoms with Gasteiger partial charge in [0, 0.05) is 40.3 Å². The second kappa shape index (κ2) is 12.2. The number of nitrogens with zero attached hydrogens (tertiary/aromatic N) is 6. The van der Waals surface area contributed by atoms with E-state index in [0.717, 1.165) is 11.3 Å². The molecule has 0 fully saturated rings. The Kier molecular flexibility index (Phi) is 7.65. The summed E-state index contributed by atoms with van der Waals surface area (Å²) in [4.78, 5) is 32.7. The summed E-state index contributed by atoms with van der Waals surface area (Å²) in [5.74, 6) is 0.533. The molecule has 0 atom stereocenters. The fraction of sp³-hybridized carbons (Fsp3) is 0. The van der Waals surface area contributed by atoms with Gasteiger partial charge < -0.3 is 21.7 Å². The van der Waals surface area contributed by atoms with Crippen molar-refractivity contribution in [2.45, 2.75) is 0 Å². The number of anilines is 7. The first-order valence-electron chi connectivity index (χ1n) is 13.3. The van der Waals surface area contributed by atoms with E-state index in [0.29, 0.717) is 34.3 Å². The maximum atomic E-state index is 13.4. The van der Waals surface area contributed by atoms with Crippen molar-refractivity contribution >= 4 is 46.5 Å². The second-order valence-corrected chi connectivity index (χ2v) is 9.43. The number of nitro groups is 1. The molecule has 12 nitrogen and oxygen atoms in total. The summed E-state index contributed by atoms with van der Waals surface area (Å²) in [6.07, 6.45) is 0. The van der Waals surface area contributed by atoms with E-state index < -0.39 is 4.92 Å². The zero-order valence-electron chi connectivity index (χ0n) is 22.8. The monoisotopic (exact) mass is 586 g/mol. The lowest BCUT2D eigenvalue weighted by molar-refractivity contribution is -0.384. The number of hydrogen-bond acceptors (Lipinski definition) is 11. The number of para-hydroxylation sites is 1. The Labute approximate surface area is 250 Å². The van der Waals surface area contributed by atoms with Gasteiger partial charge in [0.05, 0.1) is 16.3 Å². The fourth-order valence-electron chi connectivity index (χ4n) is 4.23. The molecule has 5 N–H and O–H groups in total. The summed E-state index contributed by atoms with van der Waals surface area (Å²) in [5.41, 5.74) is 10.6.